The van der Waals surface area contributed by atoms with Crippen LogP contribution in [-0.4, -0.2) is 0 Å². The first-order chi connectivity index (χ1) is 7.59. The Bertz CT molecular complexity index is 473. The van der Waals surface area contributed by atoms with Crippen molar-refractivity contribution in [1.82, 2.24) is 0 Å². The summed E-state index contributed by atoms with van der Waals surface area (Å²) in [6.45, 7) is 13.8. The fraction of sp³-hybridized carbons (Fsp3) is 0.462. The molecule has 1 nitrogen and oxygen atoms in total. The highest BCUT2D eigenvalue weighted by Gasteiger charge is 2.37. The minimum atomic E-state index is -4.48. The van der Waals surface area contributed by atoms with Gasteiger partial charge in [0.25, 0.3) is 0 Å². The second-order valence-electron chi connectivity index (χ2n) is 4.99. The lowest BCUT2D eigenvalue weighted by atomic mass is 9.82. The molecule has 0 aromatic heterocycles. The second kappa shape index (κ2) is 4.06. The van der Waals surface area contributed by atoms with Crippen molar-refractivity contribution in [2.75, 3.05) is 0 Å². The lowest BCUT2D eigenvalue weighted by Gasteiger charge is -2.25. The largest absolute Gasteiger partial charge is 0.407 e. The van der Waals surface area contributed by atoms with Crippen LogP contribution in [0.2, 0.25) is 0 Å². The minimum absolute atomic E-state index is 0.151. The monoisotopic (exact) mass is 241 g/mol. The highest BCUT2D eigenvalue weighted by molar-refractivity contribution is 5.60. The van der Waals surface area contributed by atoms with Crippen molar-refractivity contribution >= 4 is 5.69 Å². The summed E-state index contributed by atoms with van der Waals surface area (Å²) < 4.78 is 38.8. The van der Waals surface area contributed by atoms with Crippen molar-refractivity contribution in [3.05, 3.63) is 40.2 Å². The van der Waals surface area contributed by atoms with E-state index < -0.39 is 11.7 Å². The van der Waals surface area contributed by atoms with E-state index in [-0.39, 0.29) is 16.7 Å². The fourth-order valence-corrected chi connectivity index (χ4v) is 1.96. The maximum absolute atomic E-state index is 12.9. The molecular formula is C13H14F3N. The molecule has 0 amide bonds. The van der Waals surface area contributed by atoms with Gasteiger partial charge in [0.05, 0.1) is 12.1 Å². The van der Waals surface area contributed by atoms with Crippen LogP contribution < -0.4 is 0 Å². The Morgan fingerprint density at radius 2 is 1.65 bits per heavy atom. The van der Waals surface area contributed by atoms with E-state index in [1.54, 1.807) is 6.07 Å². The minimum Gasteiger partial charge on any atom is -0.238 e. The van der Waals surface area contributed by atoms with Crippen LogP contribution in [0.3, 0.4) is 0 Å². The summed E-state index contributed by atoms with van der Waals surface area (Å²) in [5.74, 6) is 0. The zero-order valence-electron chi connectivity index (χ0n) is 10.2. The predicted octanol–water partition coefficient (Wildman–Crippen LogP) is 4.86. The molecule has 0 N–H and O–H groups in total. The molecule has 1 aromatic rings. The quantitative estimate of drug-likeness (QED) is 0.571. The summed E-state index contributed by atoms with van der Waals surface area (Å²) in [5, 5.41) is 0. The molecular weight excluding hydrogens is 227 g/mol. The van der Waals surface area contributed by atoms with Gasteiger partial charge in [-0.1, -0.05) is 32.9 Å². The first-order valence-corrected chi connectivity index (χ1v) is 5.17. The van der Waals surface area contributed by atoms with Crippen LogP contribution in [-0.2, 0) is 11.6 Å². The van der Waals surface area contributed by atoms with Gasteiger partial charge < -0.3 is 0 Å². The summed E-state index contributed by atoms with van der Waals surface area (Å²) in [6.07, 6.45) is -4.48. The molecule has 0 aliphatic heterocycles. The van der Waals surface area contributed by atoms with Gasteiger partial charge in [0.15, 0.2) is 5.69 Å². The Labute approximate surface area is 99.1 Å². The number of nitrogens with zero attached hydrogens (tertiary/aromatic N) is 1. The molecule has 0 spiro atoms. The number of benzene rings is 1. The molecule has 0 saturated carbocycles. The summed E-state index contributed by atoms with van der Waals surface area (Å²) >= 11 is 0. The Hall–Kier alpha value is -1.50. The van der Waals surface area contributed by atoms with Crippen LogP contribution >= 0.6 is 0 Å². The van der Waals surface area contributed by atoms with E-state index in [1.165, 1.54) is 13.0 Å². The van der Waals surface area contributed by atoms with E-state index in [9.17, 15) is 13.2 Å². The lowest BCUT2D eigenvalue weighted by Crippen LogP contribution is -2.17. The summed E-state index contributed by atoms with van der Waals surface area (Å²) in [7, 11) is 0. The Morgan fingerprint density at radius 3 is 2.00 bits per heavy atom. The lowest BCUT2D eigenvalue weighted by molar-refractivity contribution is -0.137. The average Bonchev–Trinajstić information content (AvgIpc) is 2.12. The van der Waals surface area contributed by atoms with Gasteiger partial charge in [-0.2, -0.15) is 13.2 Å². The van der Waals surface area contributed by atoms with Gasteiger partial charge in [-0.3, -0.25) is 0 Å². The molecule has 0 fully saturated rings. The molecule has 0 aliphatic carbocycles. The van der Waals surface area contributed by atoms with Crippen molar-refractivity contribution in [2.24, 2.45) is 0 Å². The summed E-state index contributed by atoms with van der Waals surface area (Å²) in [5.41, 5.74) is -0.733. The van der Waals surface area contributed by atoms with Gasteiger partial charge in [-0.05, 0) is 23.5 Å². The van der Waals surface area contributed by atoms with E-state index >= 15 is 0 Å². The van der Waals surface area contributed by atoms with E-state index in [0.717, 1.165) is 0 Å². The van der Waals surface area contributed by atoms with Gasteiger partial charge in [0.1, 0.15) is 0 Å². The van der Waals surface area contributed by atoms with E-state index in [4.69, 9.17) is 6.57 Å². The van der Waals surface area contributed by atoms with Crippen molar-refractivity contribution in [2.45, 2.75) is 39.3 Å². The van der Waals surface area contributed by atoms with Crippen molar-refractivity contribution in [1.29, 1.82) is 0 Å². The Balaban J connectivity index is 3.63. The Morgan fingerprint density at radius 1 is 1.12 bits per heavy atom. The van der Waals surface area contributed by atoms with Crippen LogP contribution in [0.4, 0.5) is 18.9 Å². The van der Waals surface area contributed by atoms with Crippen molar-refractivity contribution in [3.63, 3.8) is 0 Å². The molecule has 0 aliphatic rings. The number of alkyl halides is 3. The fourth-order valence-electron chi connectivity index (χ4n) is 1.96. The van der Waals surface area contributed by atoms with Gasteiger partial charge in [0.2, 0.25) is 0 Å². The molecule has 0 heterocycles. The Kier molecular flexibility index (Phi) is 3.24. The van der Waals surface area contributed by atoms with Crippen molar-refractivity contribution in [3.8, 4) is 0 Å². The molecule has 1 aromatic carbocycles. The zero-order valence-corrected chi connectivity index (χ0v) is 10.2. The smallest absolute Gasteiger partial charge is 0.238 e. The molecule has 17 heavy (non-hydrogen) atoms. The topological polar surface area (TPSA) is 4.36 Å². The number of hydrogen-bond acceptors (Lipinski definition) is 0. The average molecular weight is 241 g/mol. The number of hydrogen-bond donors (Lipinski definition) is 0. The maximum atomic E-state index is 12.9. The van der Waals surface area contributed by atoms with Crippen LogP contribution in [0.1, 0.15) is 37.5 Å². The predicted molar refractivity (Wildman–Crippen MR) is 61.1 cm³/mol. The first-order valence-electron chi connectivity index (χ1n) is 5.17. The van der Waals surface area contributed by atoms with Gasteiger partial charge >= 0.3 is 6.18 Å². The third-order valence-electron chi connectivity index (χ3n) is 2.65. The van der Waals surface area contributed by atoms with E-state index in [0.29, 0.717) is 5.56 Å². The van der Waals surface area contributed by atoms with Gasteiger partial charge in [-0.15, -0.1) is 0 Å². The molecule has 1 rings (SSSR count). The van der Waals surface area contributed by atoms with Gasteiger partial charge in [0, 0.05) is 0 Å². The standard InChI is InChI=1S/C13H14F3N/c1-8-9(12(2,3)4)6-7-10(17-5)11(8)13(14,15)16/h6-7H,1-4H3. The van der Waals surface area contributed by atoms with Crippen LogP contribution in [0.5, 0.6) is 0 Å². The van der Waals surface area contributed by atoms with E-state index in [2.05, 4.69) is 4.85 Å². The third kappa shape index (κ3) is 2.60. The SMILES string of the molecule is [C-]#[N+]c1ccc(C(C)(C)C)c(C)c1C(F)(F)F. The van der Waals surface area contributed by atoms with Crippen LogP contribution in [0.15, 0.2) is 12.1 Å². The molecule has 0 unspecified atom stereocenters. The number of rotatable bonds is 0. The second-order valence-corrected chi connectivity index (χ2v) is 4.99. The molecule has 0 atom stereocenters. The molecule has 0 saturated heterocycles. The highest BCUT2D eigenvalue weighted by Crippen LogP contribution is 2.42. The number of halogens is 3. The zero-order chi connectivity index (χ0) is 13.4. The van der Waals surface area contributed by atoms with Crippen LogP contribution in [0, 0.1) is 13.5 Å². The molecule has 92 valence electrons. The third-order valence-corrected chi connectivity index (χ3v) is 2.65. The van der Waals surface area contributed by atoms with Crippen LogP contribution in [0.25, 0.3) is 4.85 Å². The summed E-state index contributed by atoms with van der Waals surface area (Å²) in [6, 6.07) is 2.86. The van der Waals surface area contributed by atoms with Crippen molar-refractivity contribution < 1.29 is 13.2 Å². The molecule has 4 heteroatoms. The summed E-state index contributed by atoms with van der Waals surface area (Å²) in [4.78, 5) is 2.95. The highest BCUT2D eigenvalue weighted by atomic mass is 19.4. The van der Waals surface area contributed by atoms with E-state index in [1.807, 2.05) is 20.8 Å². The van der Waals surface area contributed by atoms with Gasteiger partial charge in [-0.25, -0.2) is 4.85 Å². The molecule has 0 radical (unpaired) electrons. The molecule has 0 bridgehead atoms. The first kappa shape index (κ1) is 13.6. The normalized spacial score (nSPS) is 12.4. The maximum Gasteiger partial charge on any atom is 0.407 e.